The Bertz CT molecular complexity index is 1240. The van der Waals surface area contributed by atoms with Gasteiger partial charge in [-0.05, 0) is 18.2 Å². The molecule has 28 heavy (non-hydrogen) atoms. The molecule has 1 amide bonds. The summed E-state index contributed by atoms with van der Waals surface area (Å²) in [6.45, 7) is 1.39. The lowest BCUT2D eigenvalue weighted by Crippen LogP contribution is -2.16. The Morgan fingerprint density at radius 3 is 2.18 bits per heavy atom. The molecular formula is C22H16N2O3S. The Balaban J connectivity index is 2.02. The fourth-order valence-corrected chi connectivity index (χ4v) is 4.37. The van der Waals surface area contributed by atoms with Crippen molar-refractivity contribution in [3.05, 3.63) is 94.3 Å². The van der Waals surface area contributed by atoms with Crippen molar-refractivity contribution in [3.63, 3.8) is 0 Å². The van der Waals surface area contributed by atoms with Gasteiger partial charge < -0.3 is 5.32 Å². The lowest BCUT2D eigenvalue weighted by Gasteiger charge is -2.07. The fourth-order valence-electron chi connectivity index (χ4n) is 3.11. The van der Waals surface area contributed by atoms with Crippen molar-refractivity contribution < 1.29 is 9.59 Å². The number of carbonyl (C=O) groups excluding carboxylic acids is 2. The maximum atomic E-state index is 13.2. The number of benzene rings is 2. The van der Waals surface area contributed by atoms with Gasteiger partial charge in [-0.3, -0.25) is 19.0 Å². The number of thiophene rings is 1. The summed E-state index contributed by atoms with van der Waals surface area (Å²) in [4.78, 5) is 38.2. The van der Waals surface area contributed by atoms with Gasteiger partial charge in [-0.2, -0.15) is 0 Å². The number of pyridine rings is 1. The molecule has 0 fully saturated rings. The topological polar surface area (TPSA) is 68.2 Å². The van der Waals surface area contributed by atoms with Crippen LogP contribution in [0, 0.1) is 0 Å². The van der Waals surface area contributed by atoms with Crippen molar-refractivity contribution in [1.82, 2.24) is 4.57 Å². The quantitative estimate of drug-likeness (QED) is 0.532. The van der Waals surface area contributed by atoms with Crippen molar-refractivity contribution in [2.24, 2.45) is 0 Å². The molecular weight excluding hydrogens is 372 g/mol. The van der Waals surface area contributed by atoms with Crippen molar-refractivity contribution in [3.8, 4) is 5.69 Å². The molecule has 5 nitrogen and oxygen atoms in total. The summed E-state index contributed by atoms with van der Waals surface area (Å²) >= 11 is 1.22. The number of nitrogens with zero attached hydrogens (tertiary/aromatic N) is 1. The molecule has 2 aromatic heterocycles. The maximum Gasteiger partial charge on any atom is 0.256 e. The van der Waals surface area contributed by atoms with Crippen LogP contribution in [0.3, 0.4) is 0 Å². The van der Waals surface area contributed by atoms with Gasteiger partial charge in [-0.15, -0.1) is 0 Å². The smallest absolute Gasteiger partial charge is 0.256 e. The van der Waals surface area contributed by atoms with E-state index in [1.165, 1.54) is 24.3 Å². The van der Waals surface area contributed by atoms with Crippen molar-refractivity contribution in [2.75, 3.05) is 5.32 Å². The third-order valence-electron chi connectivity index (χ3n) is 4.31. The number of aromatic nitrogens is 1. The summed E-state index contributed by atoms with van der Waals surface area (Å²) in [5.74, 6) is -0.476. The fraction of sp³-hybridized carbons (Fsp3) is 0.0455. The van der Waals surface area contributed by atoms with E-state index in [4.69, 9.17) is 0 Å². The first-order valence-electron chi connectivity index (χ1n) is 8.67. The van der Waals surface area contributed by atoms with E-state index >= 15 is 0 Å². The number of nitrogens with one attached hydrogen (secondary N) is 1. The second kappa shape index (κ2) is 7.25. The summed E-state index contributed by atoms with van der Waals surface area (Å²) < 4.78 is 1.56. The molecule has 0 radical (unpaired) electrons. The van der Waals surface area contributed by atoms with Crippen LogP contribution < -0.4 is 10.9 Å². The lowest BCUT2D eigenvalue weighted by atomic mass is 10.0. The molecule has 4 rings (SSSR count). The highest BCUT2D eigenvalue weighted by molar-refractivity contribution is 7.23. The molecule has 4 aromatic rings. The Kier molecular flexibility index (Phi) is 4.63. The van der Waals surface area contributed by atoms with E-state index in [9.17, 15) is 14.4 Å². The average molecular weight is 388 g/mol. The van der Waals surface area contributed by atoms with Gasteiger partial charge in [0.1, 0.15) is 9.83 Å². The first-order valence-corrected chi connectivity index (χ1v) is 9.49. The number of ketones is 1. The number of para-hydroxylation sites is 1. The maximum absolute atomic E-state index is 13.2. The van der Waals surface area contributed by atoms with Crippen LogP contribution in [0.4, 0.5) is 5.00 Å². The second-order valence-corrected chi connectivity index (χ2v) is 7.24. The number of fused-ring (bicyclic) bond motifs is 1. The van der Waals surface area contributed by atoms with Crippen LogP contribution in [-0.4, -0.2) is 16.3 Å². The van der Waals surface area contributed by atoms with E-state index in [1.54, 1.807) is 34.9 Å². The van der Waals surface area contributed by atoms with E-state index in [1.807, 2.05) is 36.4 Å². The van der Waals surface area contributed by atoms with Crippen LogP contribution in [-0.2, 0) is 4.79 Å². The Labute approximate surface area is 164 Å². The Morgan fingerprint density at radius 1 is 0.893 bits per heavy atom. The van der Waals surface area contributed by atoms with Crippen LogP contribution >= 0.6 is 11.3 Å². The van der Waals surface area contributed by atoms with Gasteiger partial charge in [-0.1, -0.05) is 59.9 Å². The zero-order chi connectivity index (χ0) is 19.7. The Morgan fingerprint density at radius 2 is 1.54 bits per heavy atom. The van der Waals surface area contributed by atoms with E-state index < -0.39 is 0 Å². The van der Waals surface area contributed by atoms with Gasteiger partial charge in [0.2, 0.25) is 5.91 Å². The SMILES string of the molecule is CC(=O)Nc1sc2c(ccc(=O)n2-c2ccccc2)c1C(=O)c1ccccc1. The summed E-state index contributed by atoms with van der Waals surface area (Å²) in [7, 11) is 0. The van der Waals surface area contributed by atoms with Gasteiger partial charge in [0.05, 0.1) is 11.3 Å². The number of rotatable bonds is 4. The minimum atomic E-state index is -0.276. The van der Waals surface area contributed by atoms with Gasteiger partial charge >= 0.3 is 0 Å². The number of carbonyl (C=O) groups is 2. The van der Waals surface area contributed by atoms with Crippen molar-refractivity contribution in [1.29, 1.82) is 0 Å². The molecule has 1 N–H and O–H groups in total. The molecule has 6 heteroatoms. The predicted octanol–water partition coefficient (Wildman–Crippen LogP) is 4.24. The van der Waals surface area contributed by atoms with Crippen LogP contribution in [0.2, 0.25) is 0 Å². The first kappa shape index (κ1) is 17.9. The molecule has 0 atom stereocenters. The number of amides is 1. The van der Waals surface area contributed by atoms with Crippen LogP contribution in [0.15, 0.2) is 77.6 Å². The zero-order valence-electron chi connectivity index (χ0n) is 15.0. The molecule has 0 saturated heterocycles. The highest BCUT2D eigenvalue weighted by Crippen LogP contribution is 2.37. The summed E-state index contributed by atoms with van der Waals surface area (Å²) in [6, 6.07) is 21.2. The Hall–Kier alpha value is -3.51. The standard InChI is InChI=1S/C22H16N2O3S/c1-14(25)23-21-19(20(27)15-8-4-2-5-9-15)17-12-13-18(26)24(22(17)28-21)16-10-6-3-7-11-16/h2-13H,1H3,(H,23,25). The monoisotopic (exact) mass is 388 g/mol. The second-order valence-electron chi connectivity index (χ2n) is 6.24. The minimum Gasteiger partial charge on any atom is -0.317 e. The molecule has 0 unspecified atom stereocenters. The van der Waals surface area contributed by atoms with Crippen LogP contribution in [0.1, 0.15) is 22.8 Å². The van der Waals surface area contributed by atoms with Gasteiger partial charge in [0, 0.05) is 23.9 Å². The molecule has 0 spiro atoms. The van der Waals surface area contributed by atoms with Crippen LogP contribution in [0.5, 0.6) is 0 Å². The van der Waals surface area contributed by atoms with Crippen molar-refractivity contribution in [2.45, 2.75) is 6.92 Å². The largest absolute Gasteiger partial charge is 0.317 e. The molecule has 0 aliphatic heterocycles. The first-order chi connectivity index (χ1) is 13.6. The highest BCUT2D eigenvalue weighted by Gasteiger charge is 2.23. The third-order valence-corrected chi connectivity index (χ3v) is 5.41. The van der Waals surface area contributed by atoms with E-state index in [0.717, 1.165) is 0 Å². The van der Waals surface area contributed by atoms with Crippen LogP contribution in [0.25, 0.3) is 15.9 Å². The number of anilines is 1. The van der Waals surface area contributed by atoms with Gasteiger partial charge in [0.15, 0.2) is 5.78 Å². The number of hydrogen-bond donors (Lipinski definition) is 1. The molecule has 0 aliphatic carbocycles. The summed E-state index contributed by atoms with van der Waals surface area (Å²) in [6.07, 6.45) is 0. The summed E-state index contributed by atoms with van der Waals surface area (Å²) in [5, 5.41) is 3.82. The van der Waals surface area contributed by atoms with E-state index in [2.05, 4.69) is 5.32 Å². The van der Waals surface area contributed by atoms with E-state index in [0.29, 0.717) is 32.0 Å². The predicted molar refractivity (Wildman–Crippen MR) is 112 cm³/mol. The van der Waals surface area contributed by atoms with Gasteiger partial charge in [-0.25, -0.2) is 0 Å². The molecule has 0 bridgehead atoms. The summed E-state index contributed by atoms with van der Waals surface area (Å²) in [5.41, 5.74) is 1.41. The molecule has 0 aliphatic rings. The molecule has 2 aromatic carbocycles. The zero-order valence-corrected chi connectivity index (χ0v) is 15.8. The van der Waals surface area contributed by atoms with Crippen molar-refractivity contribution >= 4 is 38.2 Å². The molecule has 138 valence electrons. The van der Waals surface area contributed by atoms with Gasteiger partial charge in [0.25, 0.3) is 5.56 Å². The minimum absolute atomic E-state index is 0.200. The highest BCUT2D eigenvalue weighted by atomic mass is 32.1. The number of hydrogen-bond acceptors (Lipinski definition) is 4. The molecule has 0 saturated carbocycles. The normalized spacial score (nSPS) is 10.8. The molecule has 2 heterocycles. The lowest BCUT2D eigenvalue weighted by molar-refractivity contribution is -0.114. The average Bonchev–Trinajstić information content (AvgIpc) is 3.05. The van der Waals surface area contributed by atoms with E-state index in [-0.39, 0.29) is 17.2 Å². The third kappa shape index (κ3) is 3.14.